The van der Waals surface area contributed by atoms with Gasteiger partial charge in [-0.3, -0.25) is 4.98 Å². The Balaban J connectivity index is 1.56. The van der Waals surface area contributed by atoms with E-state index in [1.165, 1.54) is 0 Å². The highest BCUT2D eigenvalue weighted by Crippen LogP contribution is 2.13. The Kier molecular flexibility index (Phi) is 5.55. The largest absolute Gasteiger partial charge is 0.450 e. The van der Waals surface area contributed by atoms with Crippen molar-refractivity contribution in [2.45, 2.75) is 13.5 Å². The molecule has 3 rings (SSSR count). The Labute approximate surface area is 146 Å². The predicted molar refractivity (Wildman–Crippen MR) is 92.2 cm³/mol. The van der Waals surface area contributed by atoms with E-state index in [-0.39, 0.29) is 6.09 Å². The van der Waals surface area contributed by atoms with Crippen LogP contribution >= 0.6 is 0 Å². The predicted octanol–water partition coefficient (Wildman–Crippen LogP) is 1.16. The summed E-state index contributed by atoms with van der Waals surface area (Å²) >= 11 is 0. The summed E-state index contributed by atoms with van der Waals surface area (Å²) in [5.41, 5.74) is 1.06. The lowest BCUT2D eigenvalue weighted by Gasteiger charge is -2.33. The lowest BCUT2D eigenvalue weighted by atomic mass is 10.3. The summed E-state index contributed by atoms with van der Waals surface area (Å²) in [4.78, 5) is 24.0. The number of nitrogens with one attached hydrogen (secondary N) is 1. The summed E-state index contributed by atoms with van der Waals surface area (Å²) in [5, 5.41) is 11.3. The third-order valence-corrected chi connectivity index (χ3v) is 3.83. The third kappa shape index (κ3) is 4.52. The van der Waals surface area contributed by atoms with Crippen molar-refractivity contribution in [2.75, 3.05) is 43.0 Å². The van der Waals surface area contributed by atoms with Crippen molar-refractivity contribution in [2.24, 2.45) is 0 Å². The quantitative estimate of drug-likeness (QED) is 0.864. The molecule has 1 amide bonds. The van der Waals surface area contributed by atoms with E-state index >= 15 is 0 Å². The Morgan fingerprint density at radius 1 is 1.28 bits per heavy atom. The van der Waals surface area contributed by atoms with Gasteiger partial charge in [-0.05, 0) is 18.6 Å². The van der Waals surface area contributed by atoms with Gasteiger partial charge in [0.15, 0.2) is 5.82 Å². The fourth-order valence-corrected chi connectivity index (χ4v) is 2.51. The molecular weight excluding hydrogens is 322 g/mol. The average Bonchev–Trinajstić information content (AvgIpc) is 2.68. The highest BCUT2D eigenvalue weighted by atomic mass is 16.6. The number of ether oxygens (including phenoxy) is 1. The van der Waals surface area contributed by atoms with Gasteiger partial charge in [-0.25, -0.2) is 4.79 Å². The first-order valence-electron chi connectivity index (χ1n) is 8.25. The fourth-order valence-electron chi connectivity index (χ4n) is 2.51. The molecular formula is C16H21N7O2. The van der Waals surface area contributed by atoms with Crippen molar-refractivity contribution in [1.82, 2.24) is 25.1 Å². The van der Waals surface area contributed by atoms with Crippen molar-refractivity contribution in [3.05, 3.63) is 36.3 Å². The molecule has 25 heavy (non-hydrogen) atoms. The monoisotopic (exact) mass is 343 g/mol. The van der Waals surface area contributed by atoms with Crippen LogP contribution in [-0.2, 0) is 11.3 Å². The average molecular weight is 343 g/mol. The Bertz CT molecular complexity index is 690. The minimum absolute atomic E-state index is 0.270. The maximum Gasteiger partial charge on any atom is 0.409 e. The molecule has 3 heterocycles. The number of piperazine rings is 1. The molecule has 9 heteroatoms. The number of rotatable bonds is 5. The third-order valence-electron chi connectivity index (χ3n) is 3.83. The molecule has 1 N–H and O–H groups in total. The minimum Gasteiger partial charge on any atom is -0.450 e. The first-order valence-corrected chi connectivity index (χ1v) is 8.25. The van der Waals surface area contributed by atoms with Crippen molar-refractivity contribution in [1.29, 1.82) is 0 Å². The summed E-state index contributed by atoms with van der Waals surface area (Å²) in [7, 11) is 0. The zero-order chi connectivity index (χ0) is 17.5. The van der Waals surface area contributed by atoms with E-state index in [2.05, 4.69) is 25.5 Å². The van der Waals surface area contributed by atoms with Gasteiger partial charge in [-0.15, -0.1) is 5.10 Å². The van der Waals surface area contributed by atoms with Crippen molar-refractivity contribution < 1.29 is 9.53 Å². The second kappa shape index (κ2) is 8.22. The minimum atomic E-state index is -0.270. The molecule has 0 radical (unpaired) electrons. The number of carbonyl (C=O) groups excluding carboxylic acids is 1. The van der Waals surface area contributed by atoms with Crippen LogP contribution in [0.3, 0.4) is 0 Å². The van der Waals surface area contributed by atoms with Gasteiger partial charge in [0.2, 0.25) is 5.95 Å². The maximum absolute atomic E-state index is 11.7. The molecule has 0 spiro atoms. The lowest BCUT2D eigenvalue weighted by Crippen LogP contribution is -2.49. The summed E-state index contributed by atoms with van der Waals surface area (Å²) in [6, 6.07) is 3.88. The number of nitrogens with zero attached hydrogens (tertiary/aromatic N) is 6. The Morgan fingerprint density at radius 2 is 2.12 bits per heavy atom. The lowest BCUT2D eigenvalue weighted by molar-refractivity contribution is 0.105. The molecule has 0 bridgehead atoms. The van der Waals surface area contributed by atoms with Crippen LogP contribution in [0.2, 0.25) is 0 Å². The molecule has 0 atom stereocenters. The van der Waals surface area contributed by atoms with Crippen LogP contribution in [-0.4, -0.2) is 63.9 Å². The van der Waals surface area contributed by atoms with Crippen LogP contribution in [0.1, 0.15) is 12.5 Å². The number of carbonyl (C=O) groups is 1. The van der Waals surface area contributed by atoms with E-state index in [9.17, 15) is 4.79 Å². The zero-order valence-electron chi connectivity index (χ0n) is 14.1. The number of amides is 1. The normalized spacial score (nSPS) is 14.3. The standard InChI is InChI=1S/C16H21N7O2/c1-2-25-16(24)23-8-6-22(7-9-23)15-20-14(12-19-21-15)18-11-13-4-3-5-17-10-13/h3-5,10,12H,2,6-9,11H2,1H3,(H,18,20,21). The molecule has 2 aromatic rings. The first-order chi connectivity index (χ1) is 12.3. The number of hydrogen-bond donors (Lipinski definition) is 1. The molecule has 0 aliphatic carbocycles. The highest BCUT2D eigenvalue weighted by Gasteiger charge is 2.23. The molecule has 1 fully saturated rings. The molecule has 2 aromatic heterocycles. The van der Waals surface area contributed by atoms with Crippen molar-refractivity contribution >= 4 is 17.9 Å². The van der Waals surface area contributed by atoms with Gasteiger partial charge in [0.25, 0.3) is 0 Å². The highest BCUT2D eigenvalue weighted by molar-refractivity contribution is 5.68. The molecule has 0 saturated carbocycles. The molecule has 0 unspecified atom stereocenters. The van der Waals surface area contributed by atoms with Crippen LogP contribution in [0.25, 0.3) is 0 Å². The molecule has 9 nitrogen and oxygen atoms in total. The maximum atomic E-state index is 11.7. The summed E-state index contributed by atoms with van der Waals surface area (Å²) in [5.74, 6) is 1.21. The molecule has 1 saturated heterocycles. The number of aromatic nitrogens is 4. The molecule has 0 aromatic carbocycles. The smallest absolute Gasteiger partial charge is 0.409 e. The van der Waals surface area contributed by atoms with E-state index in [1.807, 2.05) is 17.0 Å². The Morgan fingerprint density at radius 3 is 2.84 bits per heavy atom. The van der Waals surface area contributed by atoms with Crippen LogP contribution < -0.4 is 10.2 Å². The second-order valence-corrected chi connectivity index (χ2v) is 5.53. The van der Waals surface area contributed by atoms with Gasteiger partial charge in [-0.2, -0.15) is 10.1 Å². The van der Waals surface area contributed by atoms with Crippen LogP contribution in [0.5, 0.6) is 0 Å². The molecule has 1 aliphatic rings. The molecule has 1 aliphatic heterocycles. The van der Waals surface area contributed by atoms with Crippen LogP contribution in [0.15, 0.2) is 30.7 Å². The van der Waals surface area contributed by atoms with Gasteiger partial charge >= 0.3 is 6.09 Å². The SMILES string of the molecule is CCOC(=O)N1CCN(c2nncc(NCc3cccnc3)n2)CC1. The molecule has 132 valence electrons. The topological polar surface area (TPSA) is 96.4 Å². The van der Waals surface area contributed by atoms with Gasteiger partial charge in [0, 0.05) is 45.1 Å². The first kappa shape index (κ1) is 16.9. The Hall–Kier alpha value is -2.97. The van der Waals surface area contributed by atoms with Crippen molar-refractivity contribution in [3.8, 4) is 0 Å². The van der Waals surface area contributed by atoms with Gasteiger partial charge in [0.1, 0.15) is 0 Å². The second-order valence-electron chi connectivity index (χ2n) is 5.53. The zero-order valence-corrected chi connectivity index (χ0v) is 14.1. The summed E-state index contributed by atoms with van der Waals surface area (Å²) in [6.07, 6.45) is 4.86. The van der Waals surface area contributed by atoms with E-state index < -0.39 is 0 Å². The fraction of sp³-hybridized carbons (Fsp3) is 0.438. The van der Waals surface area contributed by atoms with Crippen LogP contribution in [0.4, 0.5) is 16.6 Å². The summed E-state index contributed by atoms with van der Waals surface area (Å²) < 4.78 is 5.03. The van der Waals surface area contributed by atoms with E-state index in [0.29, 0.717) is 51.1 Å². The van der Waals surface area contributed by atoms with Gasteiger partial charge in [-0.1, -0.05) is 6.07 Å². The number of anilines is 2. The van der Waals surface area contributed by atoms with E-state index in [0.717, 1.165) is 5.56 Å². The van der Waals surface area contributed by atoms with Gasteiger partial charge in [0.05, 0.1) is 12.8 Å². The van der Waals surface area contributed by atoms with E-state index in [4.69, 9.17) is 4.74 Å². The van der Waals surface area contributed by atoms with Crippen molar-refractivity contribution in [3.63, 3.8) is 0 Å². The summed E-state index contributed by atoms with van der Waals surface area (Å²) in [6.45, 7) is 5.25. The van der Waals surface area contributed by atoms with Gasteiger partial charge < -0.3 is 19.9 Å². The van der Waals surface area contributed by atoms with E-state index in [1.54, 1.807) is 30.4 Å². The number of hydrogen-bond acceptors (Lipinski definition) is 8. The number of pyridine rings is 1. The van der Waals surface area contributed by atoms with Crippen LogP contribution in [0, 0.1) is 0 Å².